The van der Waals surface area contributed by atoms with Crippen LogP contribution in [0.2, 0.25) is 0 Å². The topological polar surface area (TPSA) is 85.7 Å². The molecule has 0 bridgehead atoms. The van der Waals surface area contributed by atoms with Crippen LogP contribution in [0.1, 0.15) is 57.9 Å². The largest absolute Gasteiger partial charge is 0.469 e. The van der Waals surface area contributed by atoms with Crippen LogP contribution in [0.4, 0.5) is 0 Å². The molecular formula is C27H30N4O4S. The molecule has 0 spiro atoms. The van der Waals surface area contributed by atoms with E-state index in [1.807, 2.05) is 30.3 Å². The summed E-state index contributed by atoms with van der Waals surface area (Å²) in [6, 6.07) is 15.1. The monoisotopic (exact) mass is 506 g/mol. The van der Waals surface area contributed by atoms with Crippen molar-refractivity contribution in [2.75, 3.05) is 20.8 Å². The number of nitrogens with zero attached hydrogens (tertiary/aromatic N) is 3. The molecule has 1 N–H and O–H groups in total. The lowest BCUT2D eigenvalue weighted by molar-refractivity contribution is -0.140. The molecule has 0 amide bonds. The SMILES string of the molecule is COC(=O)CCCN1C(=S)N[C@@H](c2ccccn2)[C@@H]1c1cc(C)n(-c2ccc(C(=O)OC)cc2)c1C. The van der Waals surface area contributed by atoms with Gasteiger partial charge in [-0.1, -0.05) is 6.07 Å². The van der Waals surface area contributed by atoms with Gasteiger partial charge in [-0.3, -0.25) is 9.78 Å². The molecule has 0 saturated carbocycles. The summed E-state index contributed by atoms with van der Waals surface area (Å²) < 4.78 is 11.8. The predicted octanol–water partition coefficient (Wildman–Crippen LogP) is 4.20. The first-order valence-electron chi connectivity index (χ1n) is 11.8. The number of benzene rings is 1. The highest BCUT2D eigenvalue weighted by atomic mass is 32.1. The second-order valence-corrected chi connectivity index (χ2v) is 9.09. The number of hydrogen-bond donors (Lipinski definition) is 1. The molecule has 2 atom stereocenters. The summed E-state index contributed by atoms with van der Waals surface area (Å²) in [5.41, 5.74) is 5.58. The van der Waals surface area contributed by atoms with E-state index in [0.29, 0.717) is 30.1 Å². The van der Waals surface area contributed by atoms with Gasteiger partial charge in [-0.15, -0.1) is 0 Å². The summed E-state index contributed by atoms with van der Waals surface area (Å²) in [6.07, 6.45) is 2.72. The minimum Gasteiger partial charge on any atom is -0.469 e. The Hall–Kier alpha value is -3.72. The van der Waals surface area contributed by atoms with Gasteiger partial charge in [0.2, 0.25) is 0 Å². The minimum atomic E-state index is -0.366. The third kappa shape index (κ3) is 4.97. The van der Waals surface area contributed by atoms with E-state index in [1.54, 1.807) is 18.3 Å². The summed E-state index contributed by atoms with van der Waals surface area (Å²) >= 11 is 5.75. The number of aromatic nitrogens is 2. The highest BCUT2D eigenvalue weighted by Gasteiger charge is 2.41. The van der Waals surface area contributed by atoms with Crippen LogP contribution in [-0.2, 0) is 14.3 Å². The van der Waals surface area contributed by atoms with E-state index in [0.717, 1.165) is 28.3 Å². The number of thiocarbonyl (C=S) groups is 1. The molecule has 3 heterocycles. The summed E-state index contributed by atoms with van der Waals surface area (Å²) in [6.45, 7) is 4.75. The number of pyridine rings is 1. The fourth-order valence-corrected chi connectivity index (χ4v) is 5.16. The van der Waals surface area contributed by atoms with Crippen LogP contribution in [-0.4, -0.2) is 52.3 Å². The first-order chi connectivity index (χ1) is 17.3. The number of ether oxygens (including phenoxy) is 2. The van der Waals surface area contributed by atoms with Crippen LogP contribution in [0.25, 0.3) is 5.69 Å². The van der Waals surface area contributed by atoms with Gasteiger partial charge in [0.05, 0.1) is 37.6 Å². The van der Waals surface area contributed by atoms with Crippen LogP contribution in [0.15, 0.2) is 54.7 Å². The van der Waals surface area contributed by atoms with E-state index < -0.39 is 0 Å². The highest BCUT2D eigenvalue weighted by Crippen LogP contribution is 2.41. The van der Waals surface area contributed by atoms with Crippen molar-refractivity contribution in [1.82, 2.24) is 19.8 Å². The van der Waals surface area contributed by atoms with Crippen molar-refractivity contribution in [3.8, 4) is 5.69 Å². The standard InChI is InChI=1S/C27H30N4O4S/c1-17-16-21(18(2)31(17)20-12-10-19(11-13-20)26(33)35-4)25-24(22-8-5-6-14-28-22)29-27(36)30(25)15-7-9-23(32)34-3/h5-6,8,10-14,16,24-25H,7,9,15H2,1-4H3,(H,29,36)/t24-,25-/m0/s1. The van der Waals surface area contributed by atoms with Crippen LogP contribution < -0.4 is 5.32 Å². The Labute approximate surface area is 216 Å². The van der Waals surface area contributed by atoms with Crippen LogP contribution in [0.5, 0.6) is 0 Å². The Morgan fingerprint density at radius 3 is 2.47 bits per heavy atom. The maximum Gasteiger partial charge on any atom is 0.337 e. The zero-order valence-corrected chi connectivity index (χ0v) is 21.7. The number of carbonyl (C=O) groups is 2. The average molecular weight is 507 g/mol. The molecule has 4 rings (SSSR count). The van der Waals surface area contributed by atoms with Crippen molar-refractivity contribution in [2.45, 2.75) is 38.8 Å². The Balaban J connectivity index is 1.72. The van der Waals surface area contributed by atoms with Gasteiger partial charge in [0.15, 0.2) is 5.11 Å². The van der Waals surface area contributed by atoms with Gasteiger partial charge in [0.25, 0.3) is 0 Å². The molecule has 1 saturated heterocycles. The third-order valence-electron chi connectivity index (χ3n) is 6.54. The van der Waals surface area contributed by atoms with E-state index >= 15 is 0 Å². The van der Waals surface area contributed by atoms with E-state index in [1.165, 1.54) is 14.2 Å². The molecule has 0 unspecified atom stereocenters. The van der Waals surface area contributed by atoms with Crippen molar-refractivity contribution in [2.24, 2.45) is 0 Å². The van der Waals surface area contributed by atoms with Gasteiger partial charge >= 0.3 is 11.9 Å². The van der Waals surface area contributed by atoms with Gasteiger partial charge in [-0.25, -0.2) is 4.79 Å². The normalized spacial score (nSPS) is 17.1. The average Bonchev–Trinajstić information content (AvgIpc) is 3.38. The number of esters is 2. The highest BCUT2D eigenvalue weighted by molar-refractivity contribution is 7.80. The molecule has 0 aliphatic carbocycles. The lowest BCUT2D eigenvalue weighted by atomic mass is 9.96. The molecule has 36 heavy (non-hydrogen) atoms. The van der Waals surface area contributed by atoms with Crippen molar-refractivity contribution >= 4 is 29.3 Å². The van der Waals surface area contributed by atoms with Crippen LogP contribution in [0, 0.1) is 13.8 Å². The lowest BCUT2D eigenvalue weighted by Gasteiger charge is -2.28. The van der Waals surface area contributed by atoms with Gasteiger partial charge in [-0.05, 0) is 80.5 Å². The zero-order chi connectivity index (χ0) is 25.8. The molecule has 3 aromatic rings. The van der Waals surface area contributed by atoms with E-state index in [4.69, 9.17) is 21.7 Å². The second-order valence-electron chi connectivity index (χ2n) is 8.70. The number of methoxy groups -OCH3 is 2. The number of aryl methyl sites for hydroxylation is 1. The quantitative estimate of drug-likeness (QED) is 0.359. The van der Waals surface area contributed by atoms with Crippen LogP contribution in [0.3, 0.4) is 0 Å². The summed E-state index contributed by atoms with van der Waals surface area (Å²) in [5, 5.41) is 4.09. The molecule has 1 fully saturated rings. The van der Waals surface area contributed by atoms with Gasteiger partial charge in [0.1, 0.15) is 0 Å². The number of carbonyl (C=O) groups excluding carboxylic acids is 2. The van der Waals surface area contributed by atoms with E-state index in [2.05, 4.69) is 39.7 Å². The predicted molar refractivity (Wildman–Crippen MR) is 140 cm³/mol. The zero-order valence-electron chi connectivity index (χ0n) is 20.9. The summed E-state index contributed by atoms with van der Waals surface area (Å²) in [7, 11) is 2.77. The molecular weight excluding hydrogens is 476 g/mol. The molecule has 8 nitrogen and oxygen atoms in total. The van der Waals surface area contributed by atoms with E-state index in [-0.39, 0.29) is 24.0 Å². The van der Waals surface area contributed by atoms with Crippen LogP contribution >= 0.6 is 12.2 Å². The summed E-state index contributed by atoms with van der Waals surface area (Å²) in [4.78, 5) is 30.3. The molecule has 1 aliphatic heterocycles. The first-order valence-corrected chi connectivity index (χ1v) is 12.2. The Morgan fingerprint density at radius 1 is 1.08 bits per heavy atom. The van der Waals surface area contributed by atoms with Gasteiger partial charge < -0.3 is 24.3 Å². The smallest absolute Gasteiger partial charge is 0.337 e. The van der Waals surface area contributed by atoms with Crippen molar-refractivity contribution < 1.29 is 19.1 Å². The fourth-order valence-electron chi connectivity index (χ4n) is 4.83. The molecule has 2 aromatic heterocycles. The number of hydrogen-bond acceptors (Lipinski definition) is 6. The lowest BCUT2D eigenvalue weighted by Crippen LogP contribution is -2.31. The molecule has 1 aromatic carbocycles. The Kier molecular flexibility index (Phi) is 7.69. The van der Waals surface area contributed by atoms with Gasteiger partial charge in [0, 0.05) is 36.2 Å². The summed E-state index contributed by atoms with van der Waals surface area (Å²) in [5.74, 6) is -0.603. The maximum atomic E-state index is 11.9. The maximum absolute atomic E-state index is 11.9. The van der Waals surface area contributed by atoms with E-state index in [9.17, 15) is 9.59 Å². The molecule has 0 radical (unpaired) electrons. The number of nitrogens with one attached hydrogen (secondary N) is 1. The first kappa shape index (κ1) is 25.4. The minimum absolute atomic E-state index is 0.112. The van der Waals surface area contributed by atoms with Crippen molar-refractivity contribution in [3.05, 3.63) is 82.9 Å². The molecule has 9 heteroatoms. The van der Waals surface area contributed by atoms with Crippen molar-refractivity contribution in [1.29, 1.82) is 0 Å². The molecule has 188 valence electrons. The third-order valence-corrected chi connectivity index (χ3v) is 6.89. The fraction of sp³-hybridized carbons (Fsp3) is 0.333. The Bertz CT molecular complexity index is 1260. The van der Waals surface area contributed by atoms with Gasteiger partial charge in [-0.2, -0.15) is 0 Å². The Morgan fingerprint density at radius 2 is 1.83 bits per heavy atom. The second kappa shape index (κ2) is 10.9. The molecule has 1 aliphatic rings. The van der Waals surface area contributed by atoms with Crippen molar-refractivity contribution in [3.63, 3.8) is 0 Å². The number of rotatable bonds is 8.